The Morgan fingerprint density at radius 1 is 0.472 bits per heavy atom. The first-order valence-electron chi connectivity index (χ1n) is 11.5. The molecule has 0 spiro atoms. The molecule has 0 N–H and O–H groups in total. The average molecular weight is 559 g/mol. The molecule has 0 aliphatic rings. The first-order chi connectivity index (χ1) is 16.2. The Kier molecular flexibility index (Phi) is 18.9. The summed E-state index contributed by atoms with van der Waals surface area (Å²) in [6.45, 7) is 1.13. The van der Waals surface area contributed by atoms with Crippen molar-refractivity contribution in [2.45, 2.75) is 74.0 Å². The summed E-state index contributed by atoms with van der Waals surface area (Å²) in [5.41, 5.74) is 0. The summed E-state index contributed by atoms with van der Waals surface area (Å²) in [4.78, 5) is -0.504. The zero-order chi connectivity index (χ0) is 24.9. The standard InChI is InChI=1S/C24H34O8S2.2Na/c25-33(26,27)23-15-11-21(12-16-23)31-19-9-7-5-3-1-2-4-6-8-10-20-32-22-13-17-24(18-14-22)34(28,29)30;;/h11-18H,1-10,19-20H2,(H,25,26,27)(H,28,29,30);;/q;2*+1/p-2. The van der Waals surface area contributed by atoms with Crippen molar-refractivity contribution in [1.82, 2.24) is 0 Å². The minimum atomic E-state index is -4.42. The van der Waals surface area contributed by atoms with Crippen LogP contribution in [0.4, 0.5) is 0 Å². The molecular formula is C24H32Na2O8S2. The summed E-state index contributed by atoms with van der Waals surface area (Å²) in [6, 6.07) is 11.0. The van der Waals surface area contributed by atoms with E-state index >= 15 is 0 Å². The summed E-state index contributed by atoms with van der Waals surface area (Å²) in [5, 5.41) is 0. The molecule has 2 aromatic rings. The van der Waals surface area contributed by atoms with Gasteiger partial charge in [0.1, 0.15) is 31.7 Å². The summed E-state index contributed by atoms with van der Waals surface area (Å²) in [5.74, 6) is 1.12. The minimum absolute atomic E-state index is 0. The molecule has 0 unspecified atom stereocenters. The van der Waals surface area contributed by atoms with E-state index in [0.717, 1.165) is 38.5 Å². The maximum absolute atomic E-state index is 10.9. The SMILES string of the molecule is O=S(=O)([O-])c1ccc(OCCCCCCCCCCCCOc2ccc(S(=O)(=O)[O-])cc2)cc1.[Na+].[Na+]. The number of hydrogen-bond acceptors (Lipinski definition) is 8. The summed E-state index contributed by atoms with van der Waals surface area (Å²) < 4.78 is 76.5. The Bertz CT molecular complexity index is 971. The maximum atomic E-state index is 10.9. The van der Waals surface area contributed by atoms with Crippen LogP contribution in [-0.2, 0) is 20.2 Å². The fraction of sp³-hybridized carbons (Fsp3) is 0.500. The predicted molar refractivity (Wildman–Crippen MR) is 126 cm³/mol. The fourth-order valence-electron chi connectivity index (χ4n) is 3.40. The first-order valence-corrected chi connectivity index (χ1v) is 14.4. The topological polar surface area (TPSA) is 133 Å². The Morgan fingerprint density at radius 3 is 0.972 bits per heavy atom. The summed E-state index contributed by atoms with van der Waals surface area (Å²) in [7, 11) is -8.84. The number of benzene rings is 2. The van der Waals surface area contributed by atoms with Crippen LogP contribution in [0.5, 0.6) is 11.5 Å². The second-order valence-corrected chi connectivity index (χ2v) is 10.8. The molecule has 0 heterocycles. The molecule has 0 saturated heterocycles. The third-order valence-corrected chi connectivity index (χ3v) is 7.00. The third-order valence-electron chi connectivity index (χ3n) is 5.30. The van der Waals surface area contributed by atoms with Crippen LogP contribution >= 0.6 is 0 Å². The molecule has 0 radical (unpaired) electrons. The van der Waals surface area contributed by atoms with E-state index in [9.17, 15) is 25.9 Å². The summed E-state index contributed by atoms with van der Waals surface area (Å²) in [6.07, 6.45) is 11.1. The molecule has 0 aliphatic carbocycles. The van der Waals surface area contributed by atoms with E-state index in [1.807, 2.05) is 0 Å². The smallest absolute Gasteiger partial charge is 0.744 e. The molecule has 0 amide bonds. The van der Waals surface area contributed by atoms with Crippen molar-refractivity contribution in [3.05, 3.63) is 48.5 Å². The monoisotopic (exact) mass is 558 g/mol. The molecule has 36 heavy (non-hydrogen) atoms. The van der Waals surface area contributed by atoms with E-state index < -0.39 is 20.2 Å². The van der Waals surface area contributed by atoms with Crippen LogP contribution < -0.4 is 68.6 Å². The van der Waals surface area contributed by atoms with Gasteiger partial charge in [0.2, 0.25) is 0 Å². The van der Waals surface area contributed by atoms with E-state index in [0.29, 0.717) is 24.7 Å². The Labute approximate surface area is 259 Å². The molecule has 12 heteroatoms. The molecule has 0 bridgehead atoms. The second-order valence-electron chi connectivity index (χ2n) is 8.08. The van der Waals surface area contributed by atoms with Crippen LogP contribution in [0, 0.1) is 0 Å². The van der Waals surface area contributed by atoms with E-state index in [2.05, 4.69) is 0 Å². The van der Waals surface area contributed by atoms with Crippen LogP contribution in [0.15, 0.2) is 58.3 Å². The van der Waals surface area contributed by atoms with Crippen LogP contribution in [-0.4, -0.2) is 39.2 Å². The predicted octanol–water partition coefficient (Wildman–Crippen LogP) is -1.14. The van der Waals surface area contributed by atoms with Crippen molar-refractivity contribution in [2.75, 3.05) is 13.2 Å². The number of hydrogen-bond donors (Lipinski definition) is 0. The van der Waals surface area contributed by atoms with E-state index in [-0.39, 0.29) is 68.9 Å². The normalized spacial score (nSPS) is 11.3. The average Bonchev–Trinajstić information content (AvgIpc) is 2.78. The maximum Gasteiger partial charge on any atom is 1.00 e. The van der Waals surface area contributed by atoms with Gasteiger partial charge in [-0.25, -0.2) is 16.8 Å². The minimum Gasteiger partial charge on any atom is -0.744 e. The number of rotatable bonds is 17. The van der Waals surface area contributed by atoms with Gasteiger partial charge in [-0.3, -0.25) is 0 Å². The van der Waals surface area contributed by atoms with Gasteiger partial charge in [0.05, 0.1) is 23.0 Å². The zero-order valence-corrected chi connectivity index (χ0v) is 26.8. The molecule has 0 atom stereocenters. The van der Waals surface area contributed by atoms with Crippen LogP contribution in [0.3, 0.4) is 0 Å². The van der Waals surface area contributed by atoms with Crippen LogP contribution in [0.2, 0.25) is 0 Å². The van der Waals surface area contributed by atoms with Gasteiger partial charge >= 0.3 is 59.1 Å². The van der Waals surface area contributed by atoms with Crippen molar-refractivity contribution < 1.29 is 94.5 Å². The second kappa shape index (κ2) is 19.0. The number of ether oxygens (including phenoxy) is 2. The van der Waals surface area contributed by atoms with Gasteiger partial charge in [-0.05, 0) is 61.4 Å². The number of unbranched alkanes of at least 4 members (excludes halogenated alkanes) is 9. The van der Waals surface area contributed by atoms with Crippen molar-refractivity contribution in [2.24, 2.45) is 0 Å². The Hall–Kier alpha value is -0.140. The van der Waals surface area contributed by atoms with Gasteiger partial charge in [0.25, 0.3) is 0 Å². The van der Waals surface area contributed by atoms with Crippen molar-refractivity contribution in [3.8, 4) is 11.5 Å². The largest absolute Gasteiger partial charge is 1.00 e. The van der Waals surface area contributed by atoms with Gasteiger partial charge < -0.3 is 18.6 Å². The van der Waals surface area contributed by atoms with E-state index in [1.54, 1.807) is 0 Å². The van der Waals surface area contributed by atoms with Gasteiger partial charge in [-0.15, -0.1) is 0 Å². The molecule has 0 aromatic heterocycles. The zero-order valence-electron chi connectivity index (χ0n) is 21.2. The van der Waals surface area contributed by atoms with Gasteiger partial charge in [0.15, 0.2) is 0 Å². The van der Waals surface area contributed by atoms with Gasteiger partial charge in [-0.1, -0.05) is 51.4 Å². The molecule has 0 aliphatic heterocycles. The first kappa shape index (κ1) is 35.9. The molecule has 190 valence electrons. The van der Waals surface area contributed by atoms with Crippen molar-refractivity contribution in [3.63, 3.8) is 0 Å². The van der Waals surface area contributed by atoms with Crippen LogP contribution in [0.1, 0.15) is 64.2 Å². The van der Waals surface area contributed by atoms with Crippen molar-refractivity contribution >= 4 is 20.2 Å². The molecule has 2 rings (SSSR count). The van der Waals surface area contributed by atoms with Gasteiger partial charge in [-0.2, -0.15) is 0 Å². The van der Waals surface area contributed by atoms with Gasteiger partial charge in [0, 0.05) is 0 Å². The molecule has 0 fully saturated rings. The molecule has 2 aromatic carbocycles. The van der Waals surface area contributed by atoms with Crippen molar-refractivity contribution in [1.29, 1.82) is 0 Å². The fourth-order valence-corrected chi connectivity index (χ4v) is 4.34. The third kappa shape index (κ3) is 15.3. The van der Waals surface area contributed by atoms with E-state index in [1.165, 1.54) is 74.2 Å². The van der Waals surface area contributed by atoms with Crippen LogP contribution in [0.25, 0.3) is 0 Å². The quantitative estimate of drug-likeness (QED) is 0.135. The summed E-state index contributed by atoms with van der Waals surface area (Å²) >= 11 is 0. The van der Waals surface area contributed by atoms with E-state index in [4.69, 9.17) is 9.47 Å². The molecule has 0 saturated carbocycles. The Balaban J connectivity index is 0.00000612. The molecule has 8 nitrogen and oxygen atoms in total. The Morgan fingerprint density at radius 2 is 0.722 bits per heavy atom. The molecular weight excluding hydrogens is 526 g/mol.